The Labute approximate surface area is 116 Å². The van der Waals surface area contributed by atoms with Crippen molar-refractivity contribution in [3.63, 3.8) is 0 Å². The first-order valence-corrected chi connectivity index (χ1v) is 8.21. The highest BCUT2D eigenvalue weighted by atomic mass is 16.4. The van der Waals surface area contributed by atoms with Crippen molar-refractivity contribution in [3.05, 3.63) is 0 Å². The van der Waals surface area contributed by atoms with E-state index in [1.165, 1.54) is 44.9 Å². The molecule has 2 bridgehead atoms. The third-order valence-corrected chi connectivity index (χ3v) is 5.96. The van der Waals surface area contributed by atoms with Gasteiger partial charge >= 0.3 is 5.97 Å². The number of fused-ring (bicyclic) bond motifs is 2. The maximum absolute atomic E-state index is 11.4. The fraction of sp³-hybridized carbons (Fsp3) is 0.938. The lowest BCUT2D eigenvalue weighted by Gasteiger charge is -2.32. The largest absolute Gasteiger partial charge is 0.481 e. The normalized spacial score (nSPS) is 43.3. The first-order valence-electron chi connectivity index (χ1n) is 8.21. The van der Waals surface area contributed by atoms with E-state index in [2.05, 4.69) is 11.8 Å². The molecule has 0 spiro atoms. The van der Waals surface area contributed by atoms with Crippen molar-refractivity contribution in [2.45, 2.75) is 82.8 Å². The molecule has 0 aromatic heterocycles. The summed E-state index contributed by atoms with van der Waals surface area (Å²) in [5.41, 5.74) is 0. The quantitative estimate of drug-likeness (QED) is 0.796. The Hall–Kier alpha value is -0.570. The van der Waals surface area contributed by atoms with Gasteiger partial charge in [0.1, 0.15) is 0 Å². The molecule has 2 heterocycles. The van der Waals surface area contributed by atoms with E-state index in [1.807, 2.05) is 0 Å². The summed E-state index contributed by atoms with van der Waals surface area (Å²) in [5, 5.41) is 9.36. The Morgan fingerprint density at radius 2 is 1.89 bits per heavy atom. The molecular formula is C16H27NO2. The van der Waals surface area contributed by atoms with Crippen molar-refractivity contribution >= 4 is 5.97 Å². The highest BCUT2D eigenvalue weighted by Gasteiger charge is 2.51. The molecular weight excluding hydrogens is 238 g/mol. The Kier molecular flexibility index (Phi) is 3.84. The van der Waals surface area contributed by atoms with E-state index in [9.17, 15) is 9.90 Å². The smallest absolute Gasteiger partial charge is 0.308 e. The van der Waals surface area contributed by atoms with Crippen LogP contribution in [0.25, 0.3) is 0 Å². The van der Waals surface area contributed by atoms with Gasteiger partial charge in [-0.15, -0.1) is 0 Å². The van der Waals surface area contributed by atoms with Crippen LogP contribution in [0.3, 0.4) is 0 Å². The van der Waals surface area contributed by atoms with Gasteiger partial charge in [-0.2, -0.15) is 0 Å². The topological polar surface area (TPSA) is 40.5 Å². The van der Waals surface area contributed by atoms with Crippen molar-refractivity contribution in [2.24, 2.45) is 11.8 Å². The maximum atomic E-state index is 11.4. The summed E-state index contributed by atoms with van der Waals surface area (Å²) >= 11 is 0. The average Bonchev–Trinajstić information content (AvgIpc) is 2.88. The number of carbonyl (C=O) groups is 1. The fourth-order valence-electron chi connectivity index (χ4n) is 4.93. The first-order chi connectivity index (χ1) is 9.20. The fourth-order valence-corrected chi connectivity index (χ4v) is 4.93. The second-order valence-electron chi connectivity index (χ2n) is 6.86. The summed E-state index contributed by atoms with van der Waals surface area (Å²) in [4.78, 5) is 14.0. The first kappa shape index (κ1) is 13.4. The highest BCUT2D eigenvalue weighted by molar-refractivity contribution is 5.71. The summed E-state index contributed by atoms with van der Waals surface area (Å²) in [7, 11) is 0. The van der Waals surface area contributed by atoms with E-state index < -0.39 is 5.97 Å². The van der Waals surface area contributed by atoms with Crippen molar-refractivity contribution in [1.82, 2.24) is 4.90 Å². The van der Waals surface area contributed by atoms with Gasteiger partial charge in [0.2, 0.25) is 0 Å². The molecule has 3 heteroatoms. The molecule has 3 rings (SSSR count). The van der Waals surface area contributed by atoms with Crippen LogP contribution in [0.5, 0.6) is 0 Å². The van der Waals surface area contributed by atoms with Crippen LogP contribution in [0.4, 0.5) is 0 Å². The number of hydrogen-bond donors (Lipinski definition) is 1. The van der Waals surface area contributed by atoms with Crippen LogP contribution in [-0.2, 0) is 4.79 Å². The molecule has 5 atom stereocenters. The molecule has 1 saturated carbocycles. The Balaban J connectivity index is 1.68. The van der Waals surface area contributed by atoms with Crippen LogP contribution in [0.15, 0.2) is 0 Å². The maximum Gasteiger partial charge on any atom is 0.308 e. The molecule has 1 N–H and O–H groups in total. The molecule has 3 nitrogen and oxygen atoms in total. The summed E-state index contributed by atoms with van der Waals surface area (Å²) in [6.07, 6.45) is 11.3. The van der Waals surface area contributed by atoms with E-state index in [1.54, 1.807) is 0 Å². The van der Waals surface area contributed by atoms with E-state index in [4.69, 9.17) is 0 Å². The Bertz CT molecular complexity index is 344. The molecule has 1 aliphatic carbocycles. The lowest BCUT2D eigenvalue weighted by molar-refractivity contribution is -0.142. The monoisotopic (exact) mass is 265 g/mol. The molecule has 0 aromatic carbocycles. The van der Waals surface area contributed by atoms with E-state index >= 15 is 0 Å². The zero-order valence-electron chi connectivity index (χ0n) is 12.1. The highest BCUT2D eigenvalue weighted by Crippen LogP contribution is 2.45. The van der Waals surface area contributed by atoms with Crippen LogP contribution in [-0.4, -0.2) is 34.1 Å². The second-order valence-corrected chi connectivity index (χ2v) is 6.86. The molecule has 0 aromatic rings. The Morgan fingerprint density at radius 3 is 2.58 bits per heavy atom. The summed E-state index contributed by atoms with van der Waals surface area (Å²) in [6, 6.07) is 1.61. The van der Waals surface area contributed by atoms with Crippen LogP contribution in [0.2, 0.25) is 0 Å². The van der Waals surface area contributed by atoms with Gasteiger partial charge in [-0.25, -0.2) is 0 Å². The predicted molar refractivity (Wildman–Crippen MR) is 75.0 cm³/mol. The number of hydrogen-bond acceptors (Lipinski definition) is 2. The molecule has 0 amide bonds. The van der Waals surface area contributed by atoms with E-state index in [0.717, 1.165) is 18.8 Å². The summed E-state index contributed by atoms with van der Waals surface area (Å²) < 4.78 is 0. The van der Waals surface area contributed by atoms with Crippen molar-refractivity contribution in [3.8, 4) is 0 Å². The van der Waals surface area contributed by atoms with Gasteiger partial charge in [0.05, 0.1) is 5.92 Å². The Morgan fingerprint density at radius 1 is 1.11 bits per heavy atom. The SMILES string of the molecule is CCC1CCCC(N2C3CCC2C(C(=O)O)C3)CC1. The zero-order chi connectivity index (χ0) is 13.4. The van der Waals surface area contributed by atoms with Gasteiger partial charge in [0.15, 0.2) is 0 Å². The minimum Gasteiger partial charge on any atom is -0.481 e. The number of carboxylic acids is 1. The summed E-state index contributed by atoms with van der Waals surface area (Å²) in [5.74, 6) is 0.279. The minimum atomic E-state index is -0.558. The van der Waals surface area contributed by atoms with Crippen molar-refractivity contribution in [1.29, 1.82) is 0 Å². The second kappa shape index (κ2) is 5.43. The van der Waals surface area contributed by atoms with E-state index in [0.29, 0.717) is 18.1 Å². The number of rotatable bonds is 3. The number of aliphatic carboxylic acids is 1. The van der Waals surface area contributed by atoms with Crippen LogP contribution < -0.4 is 0 Å². The van der Waals surface area contributed by atoms with Gasteiger partial charge in [0.25, 0.3) is 0 Å². The predicted octanol–water partition coefficient (Wildman–Crippen LogP) is 3.28. The molecule has 3 aliphatic rings. The third-order valence-electron chi connectivity index (χ3n) is 5.96. The van der Waals surface area contributed by atoms with E-state index in [-0.39, 0.29) is 5.92 Å². The van der Waals surface area contributed by atoms with Crippen molar-refractivity contribution < 1.29 is 9.90 Å². The average molecular weight is 265 g/mol. The standard InChI is InChI=1S/C16H27NO2/c1-2-11-4-3-5-12(7-6-11)17-13-8-9-15(17)14(10-13)16(18)19/h11-15H,2-10H2,1H3,(H,18,19). The van der Waals surface area contributed by atoms with Crippen LogP contribution in [0, 0.1) is 11.8 Å². The van der Waals surface area contributed by atoms with Gasteiger partial charge in [0, 0.05) is 18.1 Å². The molecule has 0 radical (unpaired) electrons. The third kappa shape index (κ3) is 2.42. The molecule has 5 unspecified atom stereocenters. The lowest BCUT2D eigenvalue weighted by Crippen LogP contribution is -2.40. The number of nitrogens with zero attached hydrogens (tertiary/aromatic N) is 1. The van der Waals surface area contributed by atoms with Gasteiger partial charge in [-0.05, 0) is 44.4 Å². The zero-order valence-corrected chi connectivity index (χ0v) is 12.1. The molecule has 108 valence electrons. The molecule has 19 heavy (non-hydrogen) atoms. The summed E-state index contributed by atoms with van der Waals surface area (Å²) in [6.45, 7) is 2.31. The van der Waals surface area contributed by atoms with Gasteiger partial charge < -0.3 is 5.11 Å². The molecule has 3 fully saturated rings. The lowest BCUT2D eigenvalue weighted by atomic mass is 9.89. The molecule has 2 saturated heterocycles. The van der Waals surface area contributed by atoms with Gasteiger partial charge in [-0.1, -0.05) is 26.2 Å². The number of carboxylic acid groups (broad SMARTS) is 1. The van der Waals surface area contributed by atoms with Crippen molar-refractivity contribution in [2.75, 3.05) is 0 Å². The van der Waals surface area contributed by atoms with Crippen LogP contribution >= 0.6 is 0 Å². The molecule has 2 aliphatic heterocycles. The van der Waals surface area contributed by atoms with Gasteiger partial charge in [-0.3, -0.25) is 9.69 Å². The van der Waals surface area contributed by atoms with Crippen LogP contribution in [0.1, 0.15) is 64.7 Å². The minimum absolute atomic E-state index is 0.0797.